The molecule has 0 aliphatic carbocycles. The normalized spacial score (nSPS) is 11.1. The van der Waals surface area contributed by atoms with Crippen LogP contribution in [0.4, 0.5) is 0 Å². The topological polar surface area (TPSA) is 92.5 Å². The van der Waals surface area contributed by atoms with Gasteiger partial charge in [-0.05, 0) is 19.4 Å². The van der Waals surface area contributed by atoms with Crippen LogP contribution in [-0.4, -0.2) is 25.3 Å². The molecule has 0 aliphatic rings. The third-order valence-corrected chi connectivity index (χ3v) is 3.07. The first-order chi connectivity index (χ1) is 6.56. The van der Waals surface area contributed by atoms with Crippen molar-refractivity contribution in [3.8, 4) is 0 Å². The zero-order chi connectivity index (χ0) is 10.9. The third-order valence-electron chi connectivity index (χ3n) is 1.56. The van der Waals surface area contributed by atoms with Crippen LogP contribution in [0.25, 0.3) is 0 Å². The van der Waals surface area contributed by atoms with Crippen molar-refractivity contribution in [1.29, 1.82) is 0 Å². The van der Waals surface area contributed by atoms with Crippen molar-refractivity contribution in [2.45, 2.75) is 32.1 Å². The average molecular weight is 265 g/mol. The van der Waals surface area contributed by atoms with E-state index in [9.17, 15) is 13.0 Å². The molecule has 0 bridgehead atoms. The minimum atomic E-state index is -4.53. The van der Waals surface area contributed by atoms with E-state index >= 15 is 0 Å². The van der Waals surface area contributed by atoms with Gasteiger partial charge in [-0.25, -0.2) is 12.0 Å². The zero-order valence-corrected chi connectivity index (χ0v) is 12.6. The molecule has 15 heavy (non-hydrogen) atoms. The Morgan fingerprint density at radius 1 is 1.13 bits per heavy atom. The van der Waals surface area contributed by atoms with E-state index in [1.54, 1.807) is 0 Å². The Labute approximate surface area is 118 Å². The molecule has 0 aromatic heterocycles. The van der Waals surface area contributed by atoms with Crippen molar-refractivity contribution in [3.63, 3.8) is 0 Å². The summed E-state index contributed by atoms with van der Waals surface area (Å²) in [6.07, 6.45) is 5.07. The summed E-state index contributed by atoms with van der Waals surface area (Å²) in [4.78, 5) is 0. The number of nitrogens with two attached hydrogens (primary N) is 1. The summed E-state index contributed by atoms with van der Waals surface area (Å²) < 4.78 is 33.9. The van der Waals surface area contributed by atoms with Crippen molar-refractivity contribution in [2.75, 3.05) is 12.3 Å². The van der Waals surface area contributed by atoms with E-state index in [-0.39, 0.29) is 29.6 Å². The first-order valence-corrected chi connectivity index (χ1v) is 6.77. The standard InChI is InChI=1S/C7H17NO4S2.Na/c8-6-4-2-1-3-5-7-13-12-14(9,10)11;/h1-8H2,(H,9,10,11);/q;+1/p-1. The van der Waals surface area contributed by atoms with E-state index in [4.69, 9.17) is 5.73 Å². The molecule has 0 saturated carbocycles. The van der Waals surface area contributed by atoms with Gasteiger partial charge in [0.05, 0.1) is 0 Å². The molecule has 0 aromatic carbocycles. The van der Waals surface area contributed by atoms with Gasteiger partial charge in [0.1, 0.15) is 0 Å². The molecule has 0 unspecified atom stereocenters. The molecule has 8 heteroatoms. The summed E-state index contributed by atoms with van der Waals surface area (Å²) in [6, 6.07) is 0. The molecular weight excluding hydrogens is 249 g/mol. The molecule has 0 saturated heterocycles. The molecule has 0 spiro atoms. The molecule has 0 rings (SSSR count). The number of rotatable bonds is 9. The van der Waals surface area contributed by atoms with Gasteiger partial charge >= 0.3 is 29.6 Å². The smallest absolute Gasteiger partial charge is 0.725 e. The molecule has 0 heterocycles. The van der Waals surface area contributed by atoms with Crippen LogP contribution in [-0.2, 0) is 14.0 Å². The van der Waals surface area contributed by atoms with Crippen LogP contribution in [0, 0.1) is 0 Å². The van der Waals surface area contributed by atoms with E-state index in [0.717, 1.165) is 32.1 Å². The van der Waals surface area contributed by atoms with Crippen molar-refractivity contribution in [1.82, 2.24) is 0 Å². The van der Waals surface area contributed by atoms with E-state index in [0.29, 0.717) is 24.3 Å². The Hall–Kier alpha value is 1.18. The summed E-state index contributed by atoms with van der Waals surface area (Å²) in [6.45, 7) is 0.715. The van der Waals surface area contributed by atoms with Gasteiger partial charge in [0, 0.05) is 17.8 Å². The van der Waals surface area contributed by atoms with Gasteiger partial charge in [-0.2, -0.15) is 0 Å². The Kier molecular flexibility index (Phi) is 14.4. The van der Waals surface area contributed by atoms with Crippen molar-refractivity contribution in [2.24, 2.45) is 5.73 Å². The van der Waals surface area contributed by atoms with Gasteiger partial charge in [-0.15, -0.1) is 0 Å². The van der Waals surface area contributed by atoms with Crippen LogP contribution in [0.3, 0.4) is 0 Å². The van der Waals surface area contributed by atoms with Crippen molar-refractivity contribution < 1.29 is 46.2 Å². The number of unbranched alkanes of at least 4 members (excludes halogenated alkanes) is 4. The monoisotopic (exact) mass is 265 g/mol. The van der Waals surface area contributed by atoms with Gasteiger partial charge in [-0.3, -0.25) is 0 Å². The molecule has 0 atom stereocenters. The second-order valence-corrected chi connectivity index (χ2v) is 4.86. The quantitative estimate of drug-likeness (QED) is 0.171. The van der Waals surface area contributed by atoms with Crippen LogP contribution in [0.1, 0.15) is 32.1 Å². The summed E-state index contributed by atoms with van der Waals surface area (Å²) in [7, 11) is -4.53. The predicted molar refractivity (Wildman–Crippen MR) is 55.4 cm³/mol. The molecular formula is C7H16NNaO4S2. The summed E-state index contributed by atoms with van der Waals surface area (Å²) >= 11 is 0.699. The van der Waals surface area contributed by atoms with E-state index in [1.165, 1.54) is 0 Å². The minimum absolute atomic E-state index is 0. The van der Waals surface area contributed by atoms with Gasteiger partial charge in [-0.1, -0.05) is 19.3 Å². The molecule has 0 aliphatic heterocycles. The second kappa shape index (κ2) is 11.7. The molecule has 0 amide bonds. The SMILES string of the molecule is NCCCCCCCSOS(=O)(=O)[O-].[Na+]. The Balaban J connectivity index is 0. The van der Waals surface area contributed by atoms with Crippen LogP contribution in [0.2, 0.25) is 0 Å². The molecule has 5 nitrogen and oxygen atoms in total. The van der Waals surface area contributed by atoms with E-state index < -0.39 is 10.4 Å². The molecule has 0 fully saturated rings. The Morgan fingerprint density at radius 2 is 1.67 bits per heavy atom. The van der Waals surface area contributed by atoms with E-state index in [2.05, 4.69) is 3.63 Å². The summed E-state index contributed by atoms with van der Waals surface area (Å²) in [5.41, 5.74) is 5.31. The minimum Gasteiger partial charge on any atom is -0.725 e. The summed E-state index contributed by atoms with van der Waals surface area (Å²) in [5, 5.41) is 0. The molecule has 0 radical (unpaired) electrons. The Morgan fingerprint density at radius 3 is 2.20 bits per heavy atom. The van der Waals surface area contributed by atoms with Crippen LogP contribution < -0.4 is 35.3 Å². The van der Waals surface area contributed by atoms with Crippen LogP contribution >= 0.6 is 12.0 Å². The number of hydrogen-bond acceptors (Lipinski definition) is 6. The van der Waals surface area contributed by atoms with Crippen molar-refractivity contribution in [3.05, 3.63) is 0 Å². The van der Waals surface area contributed by atoms with Gasteiger partial charge in [0.15, 0.2) is 0 Å². The zero-order valence-electron chi connectivity index (χ0n) is 8.98. The fraction of sp³-hybridized carbons (Fsp3) is 1.00. The van der Waals surface area contributed by atoms with E-state index in [1.807, 2.05) is 0 Å². The van der Waals surface area contributed by atoms with Crippen LogP contribution in [0.5, 0.6) is 0 Å². The maximum Gasteiger partial charge on any atom is 1.00 e. The maximum absolute atomic E-state index is 9.99. The molecule has 0 aromatic rings. The van der Waals surface area contributed by atoms with Crippen LogP contribution in [0.15, 0.2) is 0 Å². The summed E-state index contributed by atoms with van der Waals surface area (Å²) in [5.74, 6) is 0.532. The number of hydrogen-bond donors (Lipinski definition) is 1. The Bertz CT molecular complexity index is 223. The first kappa shape index (κ1) is 18.5. The van der Waals surface area contributed by atoms with Gasteiger partial charge in [0.25, 0.3) is 0 Å². The largest absolute Gasteiger partial charge is 1.00 e. The molecule has 2 N–H and O–H groups in total. The fourth-order valence-electron chi connectivity index (χ4n) is 0.929. The van der Waals surface area contributed by atoms with Gasteiger partial charge in [0.2, 0.25) is 10.4 Å². The second-order valence-electron chi connectivity index (χ2n) is 2.85. The first-order valence-electron chi connectivity index (χ1n) is 4.53. The third kappa shape index (κ3) is 17.8. The van der Waals surface area contributed by atoms with Crippen molar-refractivity contribution >= 4 is 22.4 Å². The van der Waals surface area contributed by atoms with Gasteiger partial charge < -0.3 is 10.3 Å². The average Bonchev–Trinajstić information content (AvgIpc) is 2.08. The molecule has 86 valence electrons. The fourth-order valence-corrected chi connectivity index (χ4v) is 1.99. The predicted octanol–water partition coefficient (Wildman–Crippen LogP) is -1.98. The maximum atomic E-state index is 9.99.